The van der Waals surface area contributed by atoms with Gasteiger partial charge in [0.1, 0.15) is 23.8 Å². The van der Waals surface area contributed by atoms with Crippen LogP contribution in [0.5, 0.6) is 0 Å². The molecule has 2 fully saturated rings. The van der Waals surface area contributed by atoms with E-state index in [4.69, 9.17) is 16.6 Å². The molecule has 31 heavy (non-hydrogen) atoms. The molecule has 2 N–H and O–H groups in total. The van der Waals surface area contributed by atoms with Gasteiger partial charge >= 0.3 is 0 Å². The Morgan fingerprint density at radius 3 is 2.61 bits per heavy atom. The van der Waals surface area contributed by atoms with E-state index in [0.717, 1.165) is 56.0 Å². The van der Waals surface area contributed by atoms with Gasteiger partial charge in [0.05, 0.1) is 15.9 Å². The van der Waals surface area contributed by atoms with Crippen molar-refractivity contribution in [2.75, 3.05) is 49.5 Å². The molecule has 7 nitrogen and oxygen atoms in total. The lowest BCUT2D eigenvalue weighted by Gasteiger charge is -2.41. The Hall–Kier alpha value is -2.55. The first kappa shape index (κ1) is 20.4. The van der Waals surface area contributed by atoms with Crippen molar-refractivity contribution in [1.29, 1.82) is 0 Å². The monoisotopic (exact) mass is 441 g/mol. The number of pyridine rings is 1. The third kappa shape index (κ3) is 4.42. The lowest BCUT2D eigenvalue weighted by atomic mass is 10.0. The minimum absolute atomic E-state index is 0.0624. The first-order valence-electron chi connectivity index (χ1n) is 10.7. The lowest BCUT2D eigenvalue weighted by molar-refractivity contribution is 0.153. The van der Waals surface area contributed by atoms with E-state index in [-0.39, 0.29) is 5.02 Å². The molecule has 2 aromatic heterocycles. The molecule has 9 heteroatoms. The number of piperidine rings is 1. The lowest BCUT2D eigenvalue weighted by Crippen LogP contribution is -2.53. The molecule has 2 saturated heterocycles. The van der Waals surface area contributed by atoms with E-state index in [0.29, 0.717) is 17.5 Å². The minimum Gasteiger partial charge on any atom is -0.354 e. The Balaban J connectivity index is 1.31. The van der Waals surface area contributed by atoms with Crippen LogP contribution in [0.1, 0.15) is 12.8 Å². The van der Waals surface area contributed by atoms with Gasteiger partial charge < -0.3 is 15.5 Å². The number of nitrogens with one attached hydrogen (secondary N) is 2. The predicted octanol–water partition coefficient (Wildman–Crippen LogP) is 3.43. The Kier molecular flexibility index (Phi) is 5.85. The van der Waals surface area contributed by atoms with E-state index in [1.54, 1.807) is 12.3 Å². The second-order valence-electron chi connectivity index (χ2n) is 8.04. The second-order valence-corrected chi connectivity index (χ2v) is 8.45. The average molecular weight is 442 g/mol. The van der Waals surface area contributed by atoms with Gasteiger partial charge in [-0.15, -0.1) is 0 Å². The highest BCUT2D eigenvalue weighted by Gasteiger charge is 2.25. The molecule has 0 saturated carbocycles. The zero-order chi connectivity index (χ0) is 21.2. The normalized spacial score (nSPS) is 18.5. The van der Waals surface area contributed by atoms with Gasteiger partial charge in [0.2, 0.25) is 0 Å². The Bertz CT molecular complexity index is 1060. The Morgan fingerprint density at radius 2 is 1.84 bits per heavy atom. The van der Waals surface area contributed by atoms with Gasteiger partial charge in [-0.05, 0) is 44.1 Å². The zero-order valence-electron chi connectivity index (χ0n) is 17.2. The molecule has 0 amide bonds. The summed E-state index contributed by atoms with van der Waals surface area (Å²) in [7, 11) is 0. The fourth-order valence-corrected chi connectivity index (χ4v) is 4.59. The molecule has 0 unspecified atom stereocenters. The maximum atomic E-state index is 13.4. The fraction of sp³-hybridized carbons (Fsp3) is 0.409. The summed E-state index contributed by atoms with van der Waals surface area (Å²) >= 11 is 5.89. The predicted molar refractivity (Wildman–Crippen MR) is 122 cm³/mol. The molecule has 2 aliphatic rings. The smallest absolute Gasteiger partial charge is 0.143 e. The van der Waals surface area contributed by atoms with Crippen molar-refractivity contribution in [2.24, 2.45) is 0 Å². The number of hydrogen-bond acceptors (Lipinski definition) is 7. The fourth-order valence-electron chi connectivity index (χ4n) is 4.41. The van der Waals surface area contributed by atoms with Crippen LogP contribution in [0, 0.1) is 5.82 Å². The number of rotatable bonds is 4. The third-order valence-corrected chi connectivity index (χ3v) is 6.44. The van der Waals surface area contributed by atoms with Crippen molar-refractivity contribution in [2.45, 2.75) is 18.9 Å². The van der Waals surface area contributed by atoms with Crippen LogP contribution >= 0.6 is 11.6 Å². The van der Waals surface area contributed by atoms with E-state index in [1.165, 1.54) is 31.3 Å². The van der Waals surface area contributed by atoms with Gasteiger partial charge in [-0.2, -0.15) is 0 Å². The van der Waals surface area contributed by atoms with Crippen molar-refractivity contribution in [1.82, 2.24) is 25.2 Å². The van der Waals surface area contributed by atoms with Gasteiger partial charge in [0.15, 0.2) is 0 Å². The highest BCUT2D eigenvalue weighted by Crippen LogP contribution is 2.27. The summed E-state index contributed by atoms with van der Waals surface area (Å²) in [5.41, 5.74) is 1.47. The third-order valence-electron chi connectivity index (χ3n) is 6.15. The summed E-state index contributed by atoms with van der Waals surface area (Å²) in [6.07, 6.45) is 5.80. The molecule has 0 radical (unpaired) electrons. The molecular formula is C22H25ClFN7. The van der Waals surface area contributed by atoms with Crippen LogP contribution in [0.25, 0.3) is 10.9 Å². The van der Waals surface area contributed by atoms with Gasteiger partial charge in [-0.1, -0.05) is 11.6 Å². The van der Waals surface area contributed by atoms with Crippen LogP contribution < -0.4 is 15.5 Å². The van der Waals surface area contributed by atoms with Crippen LogP contribution in [0.3, 0.4) is 0 Å². The van der Waals surface area contributed by atoms with Crippen molar-refractivity contribution in [3.05, 3.63) is 47.6 Å². The van der Waals surface area contributed by atoms with Crippen LogP contribution in [0.4, 0.5) is 21.7 Å². The summed E-state index contributed by atoms with van der Waals surface area (Å²) in [5.74, 6) is 1.10. The SMILES string of the molecule is Fc1ccc(Nc2ncnc3cc(N4CCN(C5CCNCC5)CC4)ncc23)cc1Cl. The number of nitrogens with zero attached hydrogens (tertiary/aromatic N) is 5. The Morgan fingerprint density at radius 1 is 1.03 bits per heavy atom. The number of benzene rings is 1. The summed E-state index contributed by atoms with van der Waals surface area (Å²) in [6, 6.07) is 7.20. The van der Waals surface area contributed by atoms with Crippen LogP contribution in [-0.2, 0) is 0 Å². The molecule has 3 aromatic rings. The highest BCUT2D eigenvalue weighted by molar-refractivity contribution is 6.31. The molecule has 0 bridgehead atoms. The molecule has 162 valence electrons. The van der Waals surface area contributed by atoms with Crippen molar-refractivity contribution in [3.63, 3.8) is 0 Å². The first-order chi connectivity index (χ1) is 15.2. The minimum atomic E-state index is -0.452. The van der Waals surface area contributed by atoms with Crippen LogP contribution in [0.2, 0.25) is 5.02 Å². The highest BCUT2D eigenvalue weighted by atomic mass is 35.5. The molecule has 1 aromatic carbocycles. The number of fused-ring (bicyclic) bond motifs is 1. The van der Waals surface area contributed by atoms with E-state index < -0.39 is 5.82 Å². The van der Waals surface area contributed by atoms with Gasteiger partial charge in [-0.3, -0.25) is 4.90 Å². The molecule has 0 spiro atoms. The largest absolute Gasteiger partial charge is 0.354 e. The molecule has 4 heterocycles. The van der Waals surface area contributed by atoms with Crippen molar-refractivity contribution < 1.29 is 4.39 Å². The molecule has 5 rings (SSSR count). The number of aromatic nitrogens is 3. The van der Waals surface area contributed by atoms with Crippen molar-refractivity contribution in [3.8, 4) is 0 Å². The maximum absolute atomic E-state index is 13.4. The molecule has 0 aliphatic carbocycles. The van der Waals surface area contributed by atoms with Crippen molar-refractivity contribution >= 4 is 39.8 Å². The van der Waals surface area contributed by atoms with E-state index >= 15 is 0 Å². The van der Waals surface area contributed by atoms with E-state index in [1.807, 2.05) is 6.07 Å². The average Bonchev–Trinajstić information content (AvgIpc) is 2.82. The number of piperazine rings is 1. The number of halogens is 2. The molecule has 2 aliphatic heterocycles. The van der Waals surface area contributed by atoms with Crippen LogP contribution in [0.15, 0.2) is 36.8 Å². The standard InChI is InChI=1S/C22H25ClFN7/c23-18-11-15(1-2-19(18)24)29-22-17-13-26-21(12-20(17)27-14-28-22)31-9-7-30(8-10-31)16-3-5-25-6-4-16/h1-2,11-14,16,25H,3-10H2,(H,27,28,29). The summed E-state index contributed by atoms with van der Waals surface area (Å²) < 4.78 is 13.4. The number of hydrogen-bond donors (Lipinski definition) is 2. The molecule has 0 atom stereocenters. The van der Waals surface area contributed by atoms with E-state index in [9.17, 15) is 4.39 Å². The van der Waals surface area contributed by atoms with E-state index in [2.05, 4.69) is 30.4 Å². The summed E-state index contributed by atoms with van der Waals surface area (Å²) in [5, 5.41) is 7.50. The summed E-state index contributed by atoms with van der Waals surface area (Å²) in [6.45, 7) is 6.30. The topological polar surface area (TPSA) is 69.2 Å². The zero-order valence-corrected chi connectivity index (χ0v) is 17.9. The Labute approximate surface area is 185 Å². The maximum Gasteiger partial charge on any atom is 0.143 e. The van der Waals surface area contributed by atoms with Gasteiger partial charge in [-0.25, -0.2) is 19.3 Å². The molecular weight excluding hydrogens is 417 g/mol. The second kappa shape index (κ2) is 8.90. The first-order valence-corrected chi connectivity index (χ1v) is 11.1. The van der Waals surface area contributed by atoms with Gasteiger partial charge in [0.25, 0.3) is 0 Å². The van der Waals surface area contributed by atoms with Crippen LogP contribution in [-0.4, -0.2) is 65.2 Å². The number of anilines is 3. The quantitative estimate of drug-likeness (QED) is 0.642. The van der Waals surface area contributed by atoms with Gasteiger partial charge in [0, 0.05) is 50.2 Å². The summed E-state index contributed by atoms with van der Waals surface area (Å²) in [4.78, 5) is 18.4.